The van der Waals surface area contributed by atoms with Gasteiger partial charge in [-0.3, -0.25) is 9.59 Å². The number of aliphatic hydroxyl groups excluding tert-OH is 1. The summed E-state index contributed by atoms with van der Waals surface area (Å²) in [6.07, 6.45) is -1.54. The molecule has 1 unspecified atom stereocenters. The van der Waals surface area contributed by atoms with Gasteiger partial charge < -0.3 is 15.6 Å². The number of rotatable bonds is 2. The maximum absolute atomic E-state index is 11.5. The van der Waals surface area contributed by atoms with Gasteiger partial charge in [-0.05, 0) is 6.42 Å². The van der Waals surface area contributed by atoms with E-state index in [4.69, 9.17) is 10.5 Å². The number of carbonyl (C=O) groups is 2. The molecular weight excluding hydrogens is 198 g/mol. The molecule has 0 aromatic heterocycles. The first-order valence-corrected chi connectivity index (χ1v) is 4.93. The summed E-state index contributed by atoms with van der Waals surface area (Å²) in [5.41, 5.74) is 4.48. The molecule has 1 amide bonds. The molecule has 1 heterocycles. The second kappa shape index (κ2) is 3.90. The number of nitrogens with two attached hydrogens (primary N) is 1. The van der Waals surface area contributed by atoms with Crippen LogP contribution in [0.1, 0.15) is 27.2 Å². The largest absolute Gasteiger partial charge is 0.369 e. The fraction of sp³-hybridized carbons (Fsp3) is 0.800. The molecule has 3 atom stereocenters. The number of Topliss-reactive ketones (excluding diaryl/α,β-unsaturated/α-hetero) is 1. The van der Waals surface area contributed by atoms with Gasteiger partial charge in [0.2, 0.25) is 12.2 Å². The Balaban J connectivity index is 2.81. The van der Waals surface area contributed by atoms with E-state index in [1.54, 1.807) is 20.8 Å². The van der Waals surface area contributed by atoms with Crippen molar-refractivity contribution in [2.45, 2.75) is 39.6 Å². The quantitative estimate of drug-likeness (QED) is 0.668. The van der Waals surface area contributed by atoms with Gasteiger partial charge in [-0.2, -0.15) is 0 Å². The lowest BCUT2D eigenvalue weighted by Crippen LogP contribution is -2.50. The smallest absolute Gasteiger partial charge is 0.222 e. The van der Waals surface area contributed by atoms with Gasteiger partial charge in [0.05, 0.1) is 12.0 Å². The molecule has 1 aliphatic heterocycles. The zero-order valence-corrected chi connectivity index (χ0v) is 9.19. The molecule has 15 heavy (non-hydrogen) atoms. The number of aliphatic hydroxyl groups is 1. The summed E-state index contributed by atoms with van der Waals surface area (Å²) >= 11 is 0. The van der Waals surface area contributed by atoms with Crippen LogP contribution < -0.4 is 5.73 Å². The third kappa shape index (κ3) is 2.35. The Morgan fingerprint density at radius 3 is 2.60 bits per heavy atom. The number of hydrogen-bond donors (Lipinski definition) is 2. The second-order valence-corrected chi connectivity index (χ2v) is 4.67. The summed E-state index contributed by atoms with van der Waals surface area (Å²) in [6.45, 7) is 5.08. The van der Waals surface area contributed by atoms with E-state index in [1.807, 2.05) is 0 Å². The van der Waals surface area contributed by atoms with Crippen LogP contribution in [-0.2, 0) is 14.3 Å². The van der Waals surface area contributed by atoms with Crippen molar-refractivity contribution in [3.05, 3.63) is 0 Å². The summed E-state index contributed by atoms with van der Waals surface area (Å²) in [5, 5.41) is 9.39. The minimum Gasteiger partial charge on any atom is -0.369 e. The third-order valence-electron chi connectivity index (χ3n) is 2.91. The van der Waals surface area contributed by atoms with E-state index in [0.29, 0.717) is 6.42 Å². The molecule has 1 rings (SSSR count). The van der Waals surface area contributed by atoms with Gasteiger partial charge in [0.25, 0.3) is 0 Å². The Kier molecular flexibility index (Phi) is 3.16. The molecular formula is C10H17NO4. The van der Waals surface area contributed by atoms with Gasteiger partial charge >= 0.3 is 0 Å². The average molecular weight is 215 g/mol. The molecule has 5 nitrogen and oxygen atoms in total. The number of carbonyl (C=O) groups excluding carboxylic acids is 2. The van der Waals surface area contributed by atoms with Crippen LogP contribution in [0.2, 0.25) is 0 Å². The summed E-state index contributed by atoms with van der Waals surface area (Å²) in [4.78, 5) is 22.5. The Hall–Kier alpha value is -0.940. The van der Waals surface area contributed by atoms with Crippen LogP contribution in [-0.4, -0.2) is 29.2 Å². The standard InChI is InChI=1S/C10H17NO4/c1-5(8(11)13)6-4-10(2,3)7(12)9(14)15-6/h5-6,9,14H,4H2,1-3H3,(H2,11,13)/t5-,6?,9+/m1/s1. The normalized spacial score (nSPS) is 32.4. The highest BCUT2D eigenvalue weighted by atomic mass is 16.6. The minimum absolute atomic E-state index is 0.351. The van der Waals surface area contributed by atoms with E-state index in [0.717, 1.165) is 0 Å². The summed E-state index contributed by atoms with van der Waals surface area (Å²) in [5.74, 6) is -1.35. The lowest BCUT2D eigenvalue weighted by atomic mass is 9.77. The Morgan fingerprint density at radius 2 is 2.20 bits per heavy atom. The summed E-state index contributed by atoms with van der Waals surface area (Å²) < 4.78 is 5.06. The third-order valence-corrected chi connectivity index (χ3v) is 2.91. The number of ketones is 1. The number of amides is 1. The topological polar surface area (TPSA) is 89.6 Å². The molecule has 0 aliphatic carbocycles. The molecule has 0 spiro atoms. The van der Waals surface area contributed by atoms with E-state index >= 15 is 0 Å². The van der Waals surface area contributed by atoms with E-state index in [2.05, 4.69) is 0 Å². The highest BCUT2D eigenvalue weighted by molar-refractivity contribution is 5.88. The first-order valence-electron chi connectivity index (χ1n) is 4.93. The van der Waals surface area contributed by atoms with Gasteiger partial charge in [-0.15, -0.1) is 0 Å². The van der Waals surface area contributed by atoms with E-state index in [1.165, 1.54) is 0 Å². The van der Waals surface area contributed by atoms with Crippen LogP contribution in [0.3, 0.4) is 0 Å². The van der Waals surface area contributed by atoms with Crippen molar-refractivity contribution in [1.82, 2.24) is 0 Å². The number of primary amides is 1. The van der Waals surface area contributed by atoms with Crippen LogP contribution in [0.4, 0.5) is 0 Å². The van der Waals surface area contributed by atoms with Crippen molar-refractivity contribution >= 4 is 11.7 Å². The zero-order chi connectivity index (χ0) is 11.8. The highest BCUT2D eigenvalue weighted by Gasteiger charge is 2.44. The first kappa shape index (κ1) is 12.1. The molecule has 0 aromatic rings. The van der Waals surface area contributed by atoms with Crippen molar-refractivity contribution in [2.75, 3.05) is 0 Å². The predicted octanol–water partition coefficient (Wildman–Crippen LogP) is -0.190. The van der Waals surface area contributed by atoms with Gasteiger partial charge in [0.15, 0.2) is 5.78 Å². The van der Waals surface area contributed by atoms with Crippen LogP contribution in [0.5, 0.6) is 0 Å². The monoisotopic (exact) mass is 215 g/mol. The van der Waals surface area contributed by atoms with Gasteiger partial charge in [-0.25, -0.2) is 0 Å². The second-order valence-electron chi connectivity index (χ2n) is 4.67. The summed E-state index contributed by atoms with van der Waals surface area (Å²) in [7, 11) is 0. The highest BCUT2D eigenvalue weighted by Crippen LogP contribution is 2.34. The average Bonchev–Trinajstić information content (AvgIpc) is 2.11. The fourth-order valence-electron chi connectivity index (χ4n) is 1.69. The van der Waals surface area contributed by atoms with Crippen LogP contribution in [0.25, 0.3) is 0 Å². The van der Waals surface area contributed by atoms with E-state index < -0.39 is 29.6 Å². The van der Waals surface area contributed by atoms with Gasteiger partial charge in [-0.1, -0.05) is 20.8 Å². The fourth-order valence-corrected chi connectivity index (χ4v) is 1.69. The SMILES string of the molecule is C[C@@H](C(N)=O)C1CC(C)(C)C(=O)[C@@H](O)O1. The molecule has 5 heteroatoms. The molecule has 3 N–H and O–H groups in total. The lowest BCUT2D eigenvalue weighted by molar-refractivity contribution is -0.203. The molecule has 1 saturated heterocycles. The maximum Gasteiger partial charge on any atom is 0.222 e. The Morgan fingerprint density at radius 1 is 1.67 bits per heavy atom. The van der Waals surface area contributed by atoms with Crippen LogP contribution >= 0.6 is 0 Å². The minimum atomic E-state index is -1.44. The molecule has 0 bridgehead atoms. The van der Waals surface area contributed by atoms with Crippen molar-refractivity contribution in [1.29, 1.82) is 0 Å². The van der Waals surface area contributed by atoms with Crippen LogP contribution in [0.15, 0.2) is 0 Å². The van der Waals surface area contributed by atoms with E-state index in [-0.39, 0.29) is 5.78 Å². The molecule has 0 saturated carbocycles. The lowest BCUT2D eigenvalue weighted by Gasteiger charge is -2.38. The van der Waals surface area contributed by atoms with E-state index in [9.17, 15) is 14.7 Å². The Labute approximate surface area is 88.6 Å². The number of ether oxygens (including phenoxy) is 1. The Bertz CT molecular complexity index is 287. The molecule has 1 aliphatic rings. The van der Waals surface area contributed by atoms with Crippen molar-refractivity contribution in [2.24, 2.45) is 17.1 Å². The van der Waals surface area contributed by atoms with Crippen LogP contribution in [0, 0.1) is 11.3 Å². The zero-order valence-electron chi connectivity index (χ0n) is 9.19. The maximum atomic E-state index is 11.5. The molecule has 0 radical (unpaired) electrons. The summed E-state index contributed by atoms with van der Waals surface area (Å²) in [6, 6.07) is 0. The van der Waals surface area contributed by atoms with Crippen molar-refractivity contribution in [3.63, 3.8) is 0 Å². The molecule has 1 fully saturated rings. The first-order chi connectivity index (χ1) is 6.75. The molecule has 86 valence electrons. The number of hydrogen-bond acceptors (Lipinski definition) is 4. The van der Waals surface area contributed by atoms with Crippen molar-refractivity contribution < 1.29 is 19.4 Å². The predicted molar refractivity (Wildman–Crippen MR) is 52.6 cm³/mol. The van der Waals surface area contributed by atoms with Gasteiger partial charge in [0.1, 0.15) is 0 Å². The van der Waals surface area contributed by atoms with Crippen molar-refractivity contribution in [3.8, 4) is 0 Å². The van der Waals surface area contributed by atoms with Gasteiger partial charge in [0, 0.05) is 5.41 Å². The molecule has 0 aromatic carbocycles.